The molecule has 1 aromatic carbocycles. The van der Waals surface area contributed by atoms with Crippen LogP contribution in [0.3, 0.4) is 0 Å². The number of nitrogens with one attached hydrogen (secondary N) is 1. The first-order valence-corrected chi connectivity index (χ1v) is 4.72. The zero-order chi connectivity index (χ0) is 9.52. The Bertz CT molecular complexity index is 230. The molecule has 1 rings (SSSR count). The minimum atomic E-state index is -0.154. The second-order valence-electron chi connectivity index (χ2n) is 3.19. The fourth-order valence-corrected chi connectivity index (χ4v) is 1.28. The van der Waals surface area contributed by atoms with Crippen LogP contribution in [-0.4, -0.2) is 13.6 Å². The molecule has 0 aromatic heterocycles. The van der Waals surface area contributed by atoms with Gasteiger partial charge >= 0.3 is 0 Å². The van der Waals surface area contributed by atoms with E-state index in [2.05, 4.69) is 5.32 Å². The third kappa shape index (κ3) is 4.04. The molecular weight excluding hydrogens is 165 g/mol. The Morgan fingerprint density at radius 3 is 2.46 bits per heavy atom. The molecule has 1 nitrogen and oxygen atoms in total. The quantitative estimate of drug-likeness (QED) is 0.688. The summed E-state index contributed by atoms with van der Waals surface area (Å²) >= 11 is 0. The van der Waals surface area contributed by atoms with Crippen molar-refractivity contribution in [2.75, 3.05) is 13.6 Å². The van der Waals surface area contributed by atoms with E-state index in [1.165, 1.54) is 24.1 Å². The molecule has 1 aromatic rings. The van der Waals surface area contributed by atoms with Crippen LogP contribution in [0.5, 0.6) is 0 Å². The maximum Gasteiger partial charge on any atom is 0.123 e. The fraction of sp³-hybridized carbons (Fsp3) is 0.455. The predicted octanol–water partition coefficient (Wildman–Crippen LogP) is 2.37. The molecule has 0 bridgehead atoms. The molecule has 0 saturated carbocycles. The van der Waals surface area contributed by atoms with Gasteiger partial charge in [0.25, 0.3) is 0 Å². The summed E-state index contributed by atoms with van der Waals surface area (Å²) in [6.45, 7) is 1.06. The van der Waals surface area contributed by atoms with E-state index in [9.17, 15) is 4.39 Å². The van der Waals surface area contributed by atoms with Gasteiger partial charge < -0.3 is 5.32 Å². The molecule has 0 aliphatic heterocycles. The Hall–Kier alpha value is -0.890. The first-order chi connectivity index (χ1) is 6.33. The van der Waals surface area contributed by atoms with E-state index in [1.807, 2.05) is 19.2 Å². The molecule has 0 heterocycles. The highest BCUT2D eigenvalue weighted by Crippen LogP contribution is 2.06. The molecule has 0 unspecified atom stereocenters. The number of unbranched alkanes of at least 4 members (excludes halogenated alkanes) is 1. The lowest BCUT2D eigenvalue weighted by Crippen LogP contribution is -2.07. The van der Waals surface area contributed by atoms with Crippen LogP contribution >= 0.6 is 0 Å². The van der Waals surface area contributed by atoms with Gasteiger partial charge in [0.05, 0.1) is 0 Å². The van der Waals surface area contributed by atoms with E-state index in [0.717, 1.165) is 19.4 Å². The van der Waals surface area contributed by atoms with Gasteiger partial charge in [0.15, 0.2) is 0 Å². The van der Waals surface area contributed by atoms with Gasteiger partial charge in [-0.1, -0.05) is 12.1 Å². The average Bonchev–Trinajstić information content (AvgIpc) is 2.15. The van der Waals surface area contributed by atoms with Crippen LogP contribution in [0.1, 0.15) is 18.4 Å². The van der Waals surface area contributed by atoms with Crippen LogP contribution < -0.4 is 5.32 Å². The van der Waals surface area contributed by atoms with Crippen molar-refractivity contribution in [3.05, 3.63) is 35.6 Å². The van der Waals surface area contributed by atoms with E-state index >= 15 is 0 Å². The van der Waals surface area contributed by atoms with Crippen LogP contribution in [0, 0.1) is 5.82 Å². The van der Waals surface area contributed by atoms with Crippen LogP contribution in [-0.2, 0) is 6.42 Å². The van der Waals surface area contributed by atoms with Crippen molar-refractivity contribution in [2.24, 2.45) is 0 Å². The lowest BCUT2D eigenvalue weighted by atomic mass is 10.1. The van der Waals surface area contributed by atoms with Crippen molar-refractivity contribution in [2.45, 2.75) is 19.3 Å². The Morgan fingerprint density at radius 1 is 1.15 bits per heavy atom. The van der Waals surface area contributed by atoms with Crippen LogP contribution in [0.25, 0.3) is 0 Å². The normalized spacial score (nSPS) is 10.3. The van der Waals surface area contributed by atoms with Gasteiger partial charge in [0.2, 0.25) is 0 Å². The van der Waals surface area contributed by atoms with Crippen molar-refractivity contribution in [1.29, 1.82) is 0 Å². The van der Waals surface area contributed by atoms with Gasteiger partial charge in [-0.05, 0) is 50.6 Å². The number of hydrogen-bond donors (Lipinski definition) is 1. The van der Waals surface area contributed by atoms with Crippen LogP contribution in [0.15, 0.2) is 24.3 Å². The number of halogens is 1. The molecule has 0 atom stereocenters. The Kier molecular flexibility index (Phi) is 4.47. The highest BCUT2D eigenvalue weighted by Gasteiger charge is 1.93. The summed E-state index contributed by atoms with van der Waals surface area (Å²) in [5, 5.41) is 3.10. The summed E-state index contributed by atoms with van der Waals surface area (Å²) in [7, 11) is 1.96. The first kappa shape index (κ1) is 10.2. The number of aryl methyl sites for hydroxylation is 1. The van der Waals surface area contributed by atoms with Crippen molar-refractivity contribution >= 4 is 0 Å². The third-order valence-electron chi connectivity index (χ3n) is 2.06. The Labute approximate surface area is 79.0 Å². The van der Waals surface area contributed by atoms with Gasteiger partial charge in [-0.3, -0.25) is 0 Å². The molecule has 1 N–H and O–H groups in total. The molecule has 0 amide bonds. The second-order valence-corrected chi connectivity index (χ2v) is 3.19. The SMILES string of the molecule is CNCCCCc1ccc(F)cc1. The van der Waals surface area contributed by atoms with Gasteiger partial charge in [-0.15, -0.1) is 0 Å². The maximum atomic E-state index is 12.5. The molecule has 0 fully saturated rings. The average molecular weight is 181 g/mol. The first-order valence-electron chi connectivity index (χ1n) is 4.72. The van der Waals surface area contributed by atoms with Crippen molar-refractivity contribution in [1.82, 2.24) is 5.32 Å². The monoisotopic (exact) mass is 181 g/mol. The summed E-state index contributed by atoms with van der Waals surface area (Å²) < 4.78 is 12.5. The lowest BCUT2D eigenvalue weighted by Gasteiger charge is -2.00. The second kappa shape index (κ2) is 5.70. The smallest absolute Gasteiger partial charge is 0.123 e. The predicted molar refractivity (Wildman–Crippen MR) is 53.3 cm³/mol. The largest absolute Gasteiger partial charge is 0.320 e. The minimum Gasteiger partial charge on any atom is -0.320 e. The number of rotatable bonds is 5. The zero-order valence-electron chi connectivity index (χ0n) is 8.02. The lowest BCUT2D eigenvalue weighted by molar-refractivity contribution is 0.625. The Morgan fingerprint density at radius 2 is 1.85 bits per heavy atom. The van der Waals surface area contributed by atoms with E-state index < -0.39 is 0 Å². The number of benzene rings is 1. The van der Waals surface area contributed by atoms with E-state index in [-0.39, 0.29) is 5.82 Å². The van der Waals surface area contributed by atoms with Gasteiger partial charge in [-0.25, -0.2) is 4.39 Å². The van der Waals surface area contributed by atoms with Crippen LogP contribution in [0.4, 0.5) is 4.39 Å². The molecule has 0 spiro atoms. The molecule has 0 radical (unpaired) electrons. The topological polar surface area (TPSA) is 12.0 Å². The van der Waals surface area contributed by atoms with Gasteiger partial charge in [0.1, 0.15) is 5.82 Å². The van der Waals surface area contributed by atoms with Crippen molar-refractivity contribution in [3.8, 4) is 0 Å². The molecule has 13 heavy (non-hydrogen) atoms. The van der Waals surface area contributed by atoms with Gasteiger partial charge in [0, 0.05) is 0 Å². The van der Waals surface area contributed by atoms with E-state index in [0.29, 0.717) is 0 Å². The molecular formula is C11H16FN. The van der Waals surface area contributed by atoms with E-state index in [4.69, 9.17) is 0 Å². The molecule has 0 saturated heterocycles. The van der Waals surface area contributed by atoms with Crippen molar-refractivity contribution in [3.63, 3.8) is 0 Å². The highest BCUT2D eigenvalue weighted by atomic mass is 19.1. The summed E-state index contributed by atoms with van der Waals surface area (Å²) in [6, 6.07) is 6.75. The summed E-state index contributed by atoms with van der Waals surface area (Å²) in [4.78, 5) is 0. The fourth-order valence-electron chi connectivity index (χ4n) is 1.28. The highest BCUT2D eigenvalue weighted by molar-refractivity contribution is 5.15. The summed E-state index contributed by atoms with van der Waals surface area (Å²) in [5.74, 6) is -0.154. The number of hydrogen-bond acceptors (Lipinski definition) is 1. The Balaban J connectivity index is 2.25. The van der Waals surface area contributed by atoms with Crippen LogP contribution in [0.2, 0.25) is 0 Å². The third-order valence-corrected chi connectivity index (χ3v) is 2.06. The summed E-state index contributed by atoms with van der Waals surface area (Å²) in [5.41, 5.74) is 1.22. The molecule has 0 aliphatic carbocycles. The standard InChI is InChI=1S/C11H16FN/c1-13-9-3-2-4-10-5-7-11(12)8-6-10/h5-8,13H,2-4,9H2,1H3. The molecule has 72 valence electrons. The maximum absolute atomic E-state index is 12.5. The minimum absolute atomic E-state index is 0.154. The van der Waals surface area contributed by atoms with Crippen molar-refractivity contribution < 1.29 is 4.39 Å². The summed E-state index contributed by atoms with van der Waals surface area (Å²) in [6.07, 6.45) is 3.38. The molecule has 0 aliphatic rings. The zero-order valence-corrected chi connectivity index (χ0v) is 8.02. The molecule has 2 heteroatoms. The van der Waals surface area contributed by atoms with Gasteiger partial charge in [-0.2, -0.15) is 0 Å². The van der Waals surface area contributed by atoms with E-state index in [1.54, 1.807) is 0 Å².